The highest BCUT2D eigenvalue weighted by atomic mass is 16.5. The second-order valence-corrected chi connectivity index (χ2v) is 5.10. The van der Waals surface area contributed by atoms with Gasteiger partial charge in [-0.1, -0.05) is 0 Å². The number of aliphatic carboxylic acids is 1. The lowest BCUT2D eigenvalue weighted by Gasteiger charge is -2.06. The van der Waals surface area contributed by atoms with E-state index in [0.29, 0.717) is 19.6 Å². The minimum absolute atomic E-state index is 0.0395. The molecule has 0 fully saturated rings. The molecule has 0 radical (unpaired) electrons. The van der Waals surface area contributed by atoms with E-state index < -0.39 is 5.97 Å². The molecule has 1 aromatic carbocycles. The monoisotopic (exact) mass is 304 g/mol. The van der Waals surface area contributed by atoms with E-state index in [9.17, 15) is 9.59 Å². The molecule has 0 unspecified atom stereocenters. The van der Waals surface area contributed by atoms with Gasteiger partial charge in [0.1, 0.15) is 5.75 Å². The molecule has 22 heavy (non-hydrogen) atoms. The summed E-state index contributed by atoms with van der Waals surface area (Å²) in [7, 11) is 0. The number of benzene rings is 1. The number of carboxylic acid groups (broad SMARTS) is 1. The number of nitrogens with one attached hydrogen (secondary N) is 2. The minimum Gasteiger partial charge on any atom is -0.494 e. The highest BCUT2D eigenvalue weighted by Crippen LogP contribution is 2.24. The Morgan fingerprint density at radius 1 is 1.36 bits per heavy atom. The number of ether oxygens (including phenoxy) is 1. The van der Waals surface area contributed by atoms with Crippen LogP contribution in [-0.2, 0) is 16.0 Å². The summed E-state index contributed by atoms with van der Waals surface area (Å²) in [6.07, 6.45) is 3.26. The van der Waals surface area contributed by atoms with E-state index >= 15 is 0 Å². The first-order chi connectivity index (χ1) is 10.6. The average Bonchev–Trinajstić information content (AvgIpc) is 2.86. The maximum absolute atomic E-state index is 10.9. The summed E-state index contributed by atoms with van der Waals surface area (Å²) in [6.45, 7) is 2.47. The fourth-order valence-corrected chi connectivity index (χ4v) is 2.24. The van der Waals surface area contributed by atoms with Gasteiger partial charge in [0.25, 0.3) is 0 Å². The lowest BCUT2D eigenvalue weighted by Crippen LogP contribution is -2.22. The number of fused-ring (bicyclic) bond motifs is 1. The van der Waals surface area contributed by atoms with Gasteiger partial charge < -0.3 is 20.1 Å². The number of aromatic nitrogens is 1. The van der Waals surface area contributed by atoms with E-state index in [0.717, 1.165) is 28.6 Å². The molecule has 1 amide bonds. The van der Waals surface area contributed by atoms with Crippen molar-refractivity contribution in [3.63, 3.8) is 0 Å². The zero-order valence-electron chi connectivity index (χ0n) is 12.5. The highest BCUT2D eigenvalue weighted by molar-refractivity contribution is 5.84. The molecule has 0 atom stereocenters. The number of carboxylic acids is 1. The topological polar surface area (TPSA) is 91.4 Å². The molecule has 0 saturated carbocycles. The zero-order chi connectivity index (χ0) is 15.9. The Kier molecular flexibility index (Phi) is 5.41. The molecule has 2 rings (SSSR count). The standard InChI is InChI=1S/C16H20N2O4/c1-11(19)17-7-6-12-10-18-15-5-4-13(9-14(12)15)22-8-2-3-16(20)21/h4-5,9-10,18H,2-3,6-8H2,1H3,(H,17,19)(H,20,21). The predicted molar refractivity (Wildman–Crippen MR) is 83.1 cm³/mol. The predicted octanol–water partition coefficient (Wildman–Crippen LogP) is 2.09. The number of carbonyl (C=O) groups excluding carboxylic acids is 1. The van der Waals surface area contributed by atoms with Gasteiger partial charge in [0.15, 0.2) is 0 Å². The maximum atomic E-state index is 10.9. The third-order valence-electron chi connectivity index (χ3n) is 3.31. The number of hydrogen-bond acceptors (Lipinski definition) is 3. The Balaban J connectivity index is 1.98. The Labute approximate surface area is 128 Å². The summed E-state index contributed by atoms with van der Waals surface area (Å²) in [5.41, 5.74) is 2.12. The van der Waals surface area contributed by atoms with Crippen LogP contribution in [0.25, 0.3) is 10.9 Å². The van der Waals surface area contributed by atoms with Gasteiger partial charge in [-0.2, -0.15) is 0 Å². The van der Waals surface area contributed by atoms with E-state index in [1.54, 1.807) is 0 Å². The molecule has 3 N–H and O–H groups in total. The van der Waals surface area contributed by atoms with Gasteiger partial charge in [-0.3, -0.25) is 9.59 Å². The summed E-state index contributed by atoms with van der Waals surface area (Å²) in [4.78, 5) is 24.5. The molecule has 0 aliphatic heterocycles. The van der Waals surface area contributed by atoms with Crippen molar-refractivity contribution >= 4 is 22.8 Å². The van der Waals surface area contributed by atoms with Crippen molar-refractivity contribution in [2.45, 2.75) is 26.2 Å². The van der Waals surface area contributed by atoms with Crippen LogP contribution in [0.15, 0.2) is 24.4 Å². The summed E-state index contributed by atoms with van der Waals surface area (Å²) in [6, 6.07) is 5.73. The van der Waals surface area contributed by atoms with Crippen molar-refractivity contribution in [1.29, 1.82) is 0 Å². The molecule has 0 aliphatic carbocycles. The first-order valence-corrected chi connectivity index (χ1v) is 7.25. The quantitative estimate of drug-likeness (QED) is 0.651. The Hall–Kier alpha value is -2.50. The van der Waals surface area contributed by atoms with Gasteiger partial charge >= 0.3 is 5.97 Å². The van der Waals surface area contributed by atoms with Crippen molar-refractivity contribution in [2.24, 2.45) is 0 Å². The fourth-order valence-electron chi connectivity index (χ4n) is 2.24. The minimum atomic E-state index is -0.815. The van der Waals surface area contributed by atoms with Crippen molar-refractivity contribution in [1.82, 2.24) is 10.3 Å². The highest BCUT2D eigenvalue weighted by Gasteiger charge is 2.06. The van der Waals surface area contributed by atoms with Crippen molar-refractivity contribution in [2.75, 3.05) is 13.2 Å². The van der Waals surface area contributed by atoms with Gasteiger partial charge in [0, 0.05) is 37.0 Å². The Morgan fingerprint density at radius 3 is 2.91 bits per heavy atom. The largest absolute Gasteiger partial charge is 0.494 e. The molecular weight excluding hydrogens is 284 g/mol. The number of H-pyrrole nitrogens is 1. The first-order valence-electron chi connectivity index (χ1n) is 7.25. The lowest BCUT2D eigenvalue weighted by atomic mass is 10.1. The van der Waals surface area contributed by atoms with Crippen molar-refractivity contribution in [3.8, 4) is 5.75 Å². The first kappa shape index (κ1) is 15.9. The third kappa shape index (κ3) is 4.51. The lowest BCUT2D eigenvalue weighted by molar-refractivity contribution is -0.137. The number of rotatable bonds is 8. The molecule has 1 aromatic heterocycles. The van der Waals surface area contributed by atoms with Crippen molar-refractivity contribution in [3.05, 3.63) is 30.0 Å². The maximum Gasteiger partial charge on any atom is 0.303 e. The molecule has 0 bridgehead atoms. The van der Waals surface area contributed by atoms with Crippen LogP contribution in [0.2, 0.25) is 0 Å². The second-order valence-electron chi connectivity index (χ2n) is 5.10. The van der Waals surface area contributed by atoms with Crippen LogP contribution in [-0.4, -0.2) is 35.1 Å². The average molecular weight is 304 g/mol. The molecule has 1 heterocycles. The Morgan fingerprint density at radius 2 is 2.18 bits per heavy atom. The summed E-state index contributed by atoms with van der Waals surface area (Å²) in [5.74, 6) is -0.134. The zero-order valence-corrected chi connectivity index (χ0v) is 12.5. The molecular formula is C16H20N2O4. The normalized spacial score (nSPS) is 10.6. The van der Waals surface area contributed by atoms with Crippen LogP contribution >= 0.6 is 0 Å². The summed E-state index contributed by atoms with van der Waals surface area (Å²) in [5, 5.41) is 12.4. The molecule has 2 aromatic rings. The van der Waals surface area contributed by atoms with Gasteiger partial charge in [0.2, 0.25) is 5.91 Å². The van der Waals surface area contributed by atoms with E-state index in [1.165, 1.54) is 6.92 Å². The van der Waals surface area contributed by atoms with E-state index in [-0.39, 0.29) is 12.3 Å². The molecule has 118 valence electrons. The summed E-state index contributed by atoms with van der Waals surface area (Å²) >= 11 is 0. The smallest absolute Gasteiger partial charge is 0.303 e. The SMILES string of the molecule is CC(=O)NCCc1c[nH]c2ccc(OCCCC(=O)O)cc12. The van der Waals surface area contributed by atoms with E-state index in [4.69, 9.17) is 9.84 Å². The number of aromatic amines is 1. The van der Waals surface area contributed by atoms with Crippen LogP contribution in [0, 0.1) is 0 Å². The molecule has 6 nitrogen and oxygen atoms in total. The molecule has 6 heteroatoms. The van der Waals surface area contributed by atoms with E-state index in [2.05, 4.69) is 10.3 Å². The number of amides is 1. The number of hydrogen-bond donors (Lipinski definition) is 3. The van der Waals surface area contributed by atoms with Gasteiger partial charge in [0.05, 0.1) is 6.61 Å². The number of carbonyl (C=O) groups is 2. The van der Waals surface area contributed by atoms with Crippen LogP contribution in [0.4, 0.5) is 0 Å². The van der Waals surface area contributed by atoms with Crippen LogP contribution in [0.5, 0.6) is 5.75 Å². The van der Waals surface area contributed by atoms with Gasteiger partial charge in [-0.15, -0.1) is 0 Å². The molecule has 0 spiro atoms. The Bertz CT molecular complexity index is 663. The van der Waals surface area contributed by atoms with Crippen LogP contribution in [0.3, 0.4) is 0 Å². The van der Waals surface area contributed by atoms with Crippen LogP contribution < -0.4 is 10.1 Å². The van der Waals surface area contributed by atoms with Gasteiger partial charge in [-0.25, -0.2) is 0 Å². The summed E-state index contributed by atoms with van der Waals surface area (Å²) < 4.78 is 5.58. The molecule has 0 saturated heterocycles. The van der Waals surface area contributed by atoms with Gasteiger partial charge in [-0.05, 0) is 36.6 Å². The third-order valence-corrected chi connectivity index (χ3v) is 3.31. The second kappa shape index (κ2) is 7.49. The van der Waals surface area contributed by atoms with E-state index in [1.807, 2.05) is 24.4 Å². The molecule has 0 aliphatic rings. The fraction of sp³-hybridized carbons (Fsp3) is 0.375. The van der Waals surface area contributed by atoms with Crippen LogP contribution in [0.1, 0.15) is 25.3 Å². The van der Waals surface area contributed by atoms with Crippen molar-refractivity contribution < 1.29 is 19.4 Å².